The van der Waals surface area contributed by atoms with Crippen molar-refractivity contribution >= 4 is 27.6 Å². The number of hydrogen-bond acceptors (Lipinski definition) is 4. The van der Waals surface area contributed by atoms with Crippen molar-refractivity contribution in [3.8, 4) is 11.1 Å². The molecule has 0 aliphatic carbocycles. The summed E-state index contributed by atoms with van der Waals surface area (Å²) in [4.78, 5) is 25.9. The second-order valence-corrected chi connectivity index (χ2v) is 10.3. The average Bonchev–Trinajstić information content (AvgIpc) is 2.97. The van der Waals surface area contributed by atoms with Crippen LogP contribution in [-0.2, 0) is 21.4 Å². The molecular weight excluding hydrogens is 404 g/mol. The molecular formula is C22H26N2O5S. The number of anilines is 1. The maximum absolute atomic E-state index is 12.9. The largest absolute Gasteiger partial charge is 0.480 e. The molecule has 1 unspecified atom stereocenters. The number of hydrogen-bond donors (Lipinski definition) is 2. The van der Waals surface area contributed by atoms with E-state index in [1.165, 1.54) is 4.90 Å². The van der Waals surface area contributed by atoms with Gasteiger partial charge >= 0.3 is 5.97 Å². The molecule has 8 heteroatoms. The number of carbonyl (C=O) groups is 2. The van der Waals surface area contributed by atoms with E-state index in [0.29, 0.717) is 11.3 Å². The lowest BCUT2D eigenvalue weighted by Crippen LogP contribution is -2.44. The third-order valence-corrected chi connectivity index (χ3v) is 7.02. The van der Waals surface area contributed by atoms with Gasteiger partial charge in [0.1, 0.15) is 6.04 Å². The Hall–Kier alpha value is -2.87. The van der Waals surface area contributed by atoms with E-state index in [1.54, 1.807) is 58.0 Å². The first-order chi connectivity index (χ1) is 14.0. The molecule has 30 heavy (non-hydrogen) atoms. The van der Waals surface area contributed by atoms with Crippen LogP contribution in [0.5, 0.6) is 0 Å². The van der Waals surface area contributed by atoms with E-state index < -0.39 is 27.3 Å². The van der Waals surface area contributed by atoms with Crippen molar-refractivity contribution in [3.05, 3.63) is 53.6 Å². The number of rotatable bonds is 7. The van der Waals surface area contributed by atoms with E-state index in [9.17, 15) is 23.1 Å². The number of nitrogens with zero attached hydrogens (tertiary/aromatic N) is 1. The van der Waals surface area contributed by atoms with E-state index in [1.807, 2.05) is 12.1 Å². The van der Waals surface area contributed by atoms with Crippen LogP contribution in [0.1, 0.15) is 43.6 Å². The monoisotopic (exact) mass is 430 g/mol. The minimum absolute atomic E-state index is 0.206. The van der Waals surface area contributed by atoms with Gasteiger partial charge in [-0.25, -0.2) is 13.2 Å². The van der Waals surface area contributed by atoms with Gasteiger partial charge < -0.3 is 10.0 Å². The second kappa shape index (κ2) is 8.10. The highest BCUT2D eigenvalue weighted by molar-refractivity contribution is 7.93. The number of nitrogens with one attached hydrogen (secondary N) is 1. The lowest BCUT2D eigenvalue weighted by atomic mass is 10.0. The van der Waals surface area contributed by atoms with E-state index in [2.05, 4.69) is 4.72 Å². The molecule has 0 spiro atoms. The van der Waals surface area contributed by atoms with Gasteiger partial charge in [-0.3, -0.25) is 9.52 Å². The van der Waals surface area contributed by atoms with Gasteiger partial charge in [-0.15, -0.1) is 0 Å². The Balaban J connectivity index is 1.85. The fraction of sp³-hybridized carbons (Fsp3) is 0.364. The lowest BCUT2D eigenvalue weighted by Gasteiger charge is -2.27. The van der Waals surface area contributed by atoms with Gasteiger partial charge in [0, 0.05) is 17.8 Å². The Morgan fingerprint density at radius 3 is 2.17 bits per heavy atom. The van der Waals surface area contributed by atoms with E-state index >= 15 is 0 Å². The van der Waals surface area contributed by atoms with Crippen LogP contribution in [0.3, 0.4) is 0 Å². The molecule has 1 aliphatic rings. The predicted octanol–water partition coefficient (Wildman–Crippen LogP) is 3.57. The molecule has 1 heterocycles. The van der Waals surface area contributed by atoms with Crippen LogP contribution in [0.25, 0.3) is 11.1 Å². The number of carbonyl (C=O) groups excluding carboxylic acids is 1. The molecule has 2 aromatic rings. The van der Waals surface area contributed by atoms with E-state index in [4.69, 9.17) is 0 Å². The van der Waals surface area contributed by atoms with Crippen molar-refractivity contribution in [2.45, 2.75) is 45.5 Å². The summed E-state index contributed by atoms with van der Waals surface area (Å²) >= 11 is 0. The molecule has 1 amide bonds. The van der Waals surface area contributed by atoms with Crippen LogP contribution in [0.2, 0.25) is 0 Å². The summed E-state index contributed by atoms with van der Waals surface area (Å²) in [6, 6.07) is 11.5. The van der Waals surface area contributed by atoms with Crippen LogP contribution >= 0.6 is 0 Å². The van der Waals surface area contributed by atoms with Crippen molar-refractivity contribution < 1.29 is 23.1 Å². The van der Waals surface area contributed by atoms with Gasteiger partial charge in [0.25, 0.3) is 5.91 Å². The Bertz CT molecular complexity index is 1080. The summed E-state index contributed by atoms with van der Waals surface area (Å²) in [7, 11) is -3.42. The van der Waals surface area contributed by atoms with Crippen molar-refractivity contribution in [3.63, 3.8) is 0 Å². The standard InChI is InChI=1S/C22H26N2O5S/c1-13(2)20(22(26)27)24-12-17-6-5-16(11-19(17)21(24)25)15-7-9-18(10-8-15)23-30(28,29)14(3)4/h5-11,13-14,20,23H,12H2,1-4H3,(H,26,27). The lowest BCUT2D eigenvalue weighted by molar-refractivity contribution is -0.144. The van der Waals surface area contributed by atoms with Gasteiger partial charge in [0.05, 0.1) is 5.25 Å². The van der Waals surface area contributed by atoms with Crippen molar-refractivity contribution in [2.75, 3.05) is 4.72 Å². The third kappa shape index (κ3) is 4.18. The summed E-state index contributed by atoms with van der Waals surface area (Å²) in [5, 5.41) is 8.99. The van der Waals surface area contributed by atoms with Crippen molar-refractivity contribution in [2.24, 2.45) is 5.92 Å². The topological polar surface area (TPSA) is 104 Å². The highest BCUT2D eigenvalue weighted by atomic mass is 32.2. The zero-order valence-electron chi connectivity index (χ0n) is 17.4. The minimum atomic E-state index is -3.42. The molecule has 2 N–H and O–H groups in total. The van der Waals surface area contributed by atoms with Gasteiger partial charge in [-0.05, 0) is 54.7 Å². The van der Waals surface area contributed by atoms with Crippen LogP contribution in [0, 0.1) is 5.92 Å². The maximum atomic E-state index is 12.9. The highest BCUT2D eigenvalue weighted by Crippen LogP contribution is 2.31. The van der Waals surface area contributed by atoms with Crippen LogP contribution in [-0.4, -0.2) is 41.6 Å². The van der Waals surface area contributed by atoms with Crippen LogP contribution in [0.4, 0.5) is 5.69 Å². The number of carboxylic acid groups (broad SMARTS) is 1. The molecule has 1 atom stereocenters. The zero-order valence-corrected chi connectivity index (χ0v) is 18.2. The second-order valence-electron chi connectivity index (χ2n) is 8.11. The molecule has 7 nitrogen and oxygen atoms in total. The SMILES string of the molecule is CC(C)C(C(=O)O)N1Cc2ccc(-c3ccc(NS(=O)(=O)C(C)C)cc3)cc2C1=O. The van der Waals surface area contributed by atoms with E-state index in [-0.39, 0.29) is 18.4 Å². The summed E-state index contributed by atoms with van der Waals surface area (Å²) in [5.41, 5.74) is 3.41. The molecule has 0 fully saturated rings. The number of benzene rings is 2. The Morgan fingerprint density at radius 1 is 1.03 bits per heavy atom. The summed E-state index contributed by atoms with van der Waals surface area (Å²) in [6.45, 7) is 7.07. The van der Waals surface area contributed by atoms with Crippen molar-refractivity contribution in [1.29, 1.82) is 0 Å². The average molecular weight is 431 g/mol. The fourth-order valence-electron chi connectivity index (χ4n) is 3.52. The minimum Gasteiger partial charge on any atom is -0.480 e. The molecule has 0 radical (unpaired) electrons. The highest BCUT2D eigenvalue weighted by Gasteiger charge is 2.38. The summed E-state index contributed by atoms with van der Waals surface area (Å²) in [5.74, 6) is -1.50. The number of carboxylic acids is 1. The Kier molecular flexibility index (Phi) is 5.90. The first-order valence-electron chi connectivity index (χ1n) is 9.80. The molecule has 1 aliphatic heterocycles. The van der Waals surface area contributed by atoms with Crippen LogP contribution in [0.15, 0.2) is 42.5 Å². The number of amides is 1. The third-order valence-electron chi connectivity index (χ3n) is 5.26. The summed E-state index contributed by atoms with van der Waals surface area (Å²) < 4.78 is 26.6. The first kappa shape index (κ1) is 21.8. The molecule has 0 saturated carbocycles. The molecule has 0 aromatic heterocycles. The predicted molar refractivity (Wildman–Crippen MR) is 116 cm³/mol. The van der Waals surface area contributed by atoms with Crippen molar-refractivity contribution in [1.82, 2.24) is 4.90 Å². The van der Waals surface area contributed by atoms with Gasteiger partial charge in [0.2, 0.25) is 10.0 Å². The first-order valence-corrected chi connectivity index (χ1v) is 11.3. The normalized spacial score (nSPS) is 14.9. The molecule has 160 valence electrons. The Labute approximate surface area is 176 Å². The summed E-state index contributed by atoms with van der Waals surface area (Å²) in [6.07, 6.45) is 0. The smallest absolute Gasteiger partial charge is 0.326 e. The maximum Gasteiger partial charge on any atom is 0.326 e. The fourth-order valence-corrected chi connectivity index (χ4v) is 4.22. The molecule has 0 saturated heterocycles. The molecule has 2 aromatic carbocycles. The number of sulfonamides is 1. The van der Waals surface area contributed by atoms with Gasteiger partial charge in [0.15, 0.2) is 0 Å². The molecule has 3 rings (SSSR count). The van der Waals surface area contributed by atoms with E-state index in [0.717, 1.165) is 16.7 Å². The number of aliphatic carboxylic acids is 1. The Morgan fingerprint density at radius 2 is 1.63 bits per heavy atom. The zero-order chi connectivity index (χ0) is 22.2. The molecule has 0 bridgehead atoms. The van der Waals surface area contributed by atoms with Crippen LogP contribution < -0.4 is 4.72 Å². The van der Waals surface area contributed by atoms with Gasteiger partial charge in [-0.1, -0.05) is 38.1 Å². The quantitative estimate of drug-likeness (QED) is 0.699. The number of fused-ring (bicyclic) bond motifs is 1. The van der Waals surface area contributed by atoms with Gasteiger partial charge in [-0.2, -0.15) is 0 Å².